The van der Waals surface area contributed by atoms with E-state index in [9.17, 15) is 4.79 Å². The lowest BCUT2D eigenvalue weighted by atomic mass is 9.93. The highest BCUT2D eigenvalue weighted by Crippen LogP contribution is 2.30. The van der Waals surface area contributed by atoms with Gasteiger partial charge >= 0.3 is 0 Å². The third kappa shape index (κ3) is 3.47. The van der Waals surface area contributed by atoms with Crippen LogP contribution in [0.4, 0.5) is 0 Å². The number of carbonyl (C=O) groups excluding carboxylic acids is 1. The predicted molar refractivity (Wildman–Crippen MR) is 68.3 cm³/mol. The molecular formula is C14H22N2O. The Balaban J connectivity index is 1.91. The minimum absolute atomic E-state index is 0.00847. The highest BCUT2D eigenvalue weighted by molar-refractivity contribution is 5.82. The number of rotatable bonds is 4. The van der Waals surface area contributed by atoms with Crippen LogP contribution in [-0.4, -0.2) is 36.5 Å². The summed E-state index contributed by atoms with van der Waals surface area (Å²) in [6.07, 6.45) is 9.98. The van der Waals surface area contributed by atoms with Crippen molar-refractivity contribution in [3.63, 3.8) is 0 Å². The summed E-state index contributed by atoms with van der Waals surface area (Å²) < 4.78 is 0. The summed E-state index contributed by atoms with van der Waals surface area (Å²) in [4.78, 5) is 14.2. The van der Waals surface area contributed by atoms with Gasteiger partial charge in [0.15, 0.2) is 0 Å². The molecule has 2 fully saturated rings. The summed E-state index contributed by atoms with van der Waals surface area (Å²) in [6.45, 7) is 4.48. The molecule has 0 bridgehead atoms. The molecule has 0 radical (unpaired) electrons. The molecule has 1 amide bonds. The minimum Gasteiger partial charge on any atom is -0.330 e. The first-order valence-corrected chi connectivity index (χ1v) is 6.66. The van der Waals surface area contributed by atoms with Gasteiger partial charge in [0.05, 0.1) is 12.6 Å². The van der Waals surface area contributed by atoms with Gasteiger partial charge in [-0.1, -0.05) is 12.8 Å². The van der Waals surface area contributed by atoms with E-state index < -0.39 is 0 Å². The molecule has 2 rings (SSSR count). The molecule has 1 N–H and O–H groups in total. The van der Waals surface area contributed by atoms with Crippen LogP contribution >= 0.6 is 0 Å². The molecule has 1 aliphatic heterocycles. The number of nitrogens with zero attached hydrogens (tertiary/aromatic N) is 1. The van der Waals surface area contributed by atoms with E-state index in [2.05, 4.69) is 18.2 Å². The molecule has 0 spiro atoms. The lowest BCUT2D eigenvalue weighted by molar-refractivity contribution is -0.134. The molecular weight excluding hydrogens is 212 g/mol. The lowest BCUT2D eigenvalue weighted by Gasteiger charge is -2.31. The number of amides is 1. The van der Waals surface area contributed by atoms with E-state index in [4.69, 9.17) is 6.42 Å². The van der Waals surface area contributed by atoms with Crippen LogP contribution in [0.3, 0.4) is 0 Å². The zero-order valence-electron chi connectivity index (χ0n) is 10.6. The summed E-state index contributed by atoms with van der Waals surface area (Å²) in [5.41, 5.74) is 0. The standard InChI is InChI=1S/C14H22N2O/c1-3-8-16(10-12-4-5-12)14(17)13-9-11(2)6-7-15-13/h1,11-13,15H,4-10H2,2H3. The molecule has 3 nitrogen and oxygen atoms in total. The summed E-state index contributed by atoms with van der Waals surface area (Å²) in [7, 11) is 0. The lowest BCUT2D eigenvalue weighted by Crippen LogP contribution is -2.50. The fraction of sp³-hybridized carbons (Fsp3) is 0.786. The van der Waals surface area contributed by atoms with Crippen LogP contribution in [0.5, 0.6) is 0 Å². The Kier molecular flexibility index (Phi) is 4.06. The van der Waals surface area contributed by atoms with E-state index >= 15 is 0 Å². The largest absolute Gasteiger partial charge is 0.330 e. The molecule has 1 heterocycles. The Labute approximate surface area is 104 Å². The number of terminal acetylenes is 1. The van der Waals surface area contributed by atoms with Crippen molar-refractivity contribution in [2.75, 3.05) is 19.6 Å². The molecule has 0 aromatic carbocycles. The van der Waals surface area contributed by atoms with E-state index in [1.807, 2.05) is 4.90 Å². The van der Waals surface area contributed by atoms with Crippen molar-refractivity contribution in [2.24, 2.45) is 11.8 Å². The Hall–Kier alpha value is -1.01. The van der Waals surface area contributed by atoms with E-state index in [0.29, 0.717) is 18.4 Å². The first kappa shape index (κ1) is 12.4. The van der Waals surface area contributed by atoms with Gasteiger partial charge in [0, 0.05) is 6.54 Å². The Morgan fingerprint density at radius 2 is 2.24 bits per heavy atom. The molecule has 94 valence electrons. The Bertz CT molecular complexity index is 317. The number of piperidine rings is 1. The second-order valence-corrected chi connectivity index (χ2v) is 5.50. The number of hydrogen-bond donors (Lipinski definition) is 1. The second-order valence-electron chi connectivity index (χ2n) is 5.50. The molecule has 3 heteroatoms. The smallest absolute Gasteiger partial charge is 0.240 e. The van der Waals surface area contributed by atoms with Crippen molar-refractivity contribution in [2.45, 2.75) is 38.6 Å². The van der Waals surface area contributed by atoms with Crippen molar-refractivity contribution in [3.8, 4) is 12.3 Å². The van der Waals surface area contributed by atoms with Gasteiger partial charge in [0.2, 0.25) is 5.91 Å². The van der Waals surface area contributed by atoms with E-state index in [-0.39, 0.29) is 11.9 Å². The van der Waals surface area contributed by atoms with Crippen LogP contribution in [0.1, 0.15) is 32.6 Å². The fourth-order valence-electron chi connectivity index (χ4n) is 2.47. The van der Waals surface area contributed by atoms with Crippen LogP contribution < -0.4 is 5.32 Å². The monoisotopic (exact) mass is 234 g/mol. The SMILES string of the molecule is C#CCN(CC1CC1)C(=O)C1CC(C)CCN1. The van der Waals surface area contributed by atoms with E-state index in [1.165, 1.54) is 19.3 Å². The van der Waals surface area contributed by atoms with Crippen molar-refractivity contribution < 1.29 is 4.79 Å². The van der Waals surface area contributed by atoms with Gasteiger partial charge in [-0.05, 0) is 44.1 Å². The molecule has 2 unspecified atom stereocenters. The maximum Gasteiger partial charge on any atom is 0.240 e. The van der Waals surface area contributed by atoms with Gasteiger partial charge in [-0.3, -0.25) is 4.79 Å². The molecule has 0 aromatic heterocycles. The normalized spacial score (nSPS) is 28.5. The Morgan fingerprint density at radius 1 is 1.47 bits per heavy atom. The zero-order valence-corrected chi connectivity index (χ0v) is 10.6. The van der Waals surface area contributed by atoms with Gasteiger partial charge in [0.25, 0.3) is 0 Å². The van der Waals surface area contributed by atoms with Crippen LogP contribution in [0.15, 0.2) is 0 Å². The van der Waals surface area contributed by atoms with Crippen LogP contribution in [0.25, 0.3) is 0 Å². The average molecular weight is 234 g/mol. The Morgan fingerprint density at radius 3 is 2.82 bits per heavy atom. The van der Waals surface area contributed by atoms with Crippen molar-refractivity contribution >= 4 is 5.91 Å². The van der Waals surface area contributed by atoms with Crippen molar-refractivity contribution in [1.29, 1.82) is 0 Å². The van der Waals surface area contributed by atoms with Crippen molar-refractivity contribution in [3.05, 3.63) is 0 Å². The van der Waals surface area contributed by atoms with Crippen LogP contribution in [-0.2, 0) is 4.79 Å². The molecule has 2 aliphatic rings. The van der Waals surface area contributed by atoms with Gasteiger partial charge in [-0.15, -0.1) is 6.42 Å². The molecule has 1 saturated carbocycles. The van der Waals surface area contributed by atoms with Gasteiger partial charge in [-0.25, -0.2) is 0 Å². The van der Waals surface area contributed by atoms with E-state index in [0.717, 1.165) is 19.5 Å². The maximum absolute atomic E-state index is 12.4. The highest BCUT2D eigenvalue weighted by Gasteiger charge is 2.31. The summed E-state index contributed by atoms with van der Waals surface area (Å²) >= 11 is 0. The number of nitrogens with one attached hydrogen (secondary N) is 1. The molecule has 1 aliphatic carbocycles. The predicted octanol–water partition coefficient (Wildman–Crippen LogP) is 1.25. The third-order valence-electron chi connectivity index (χ3n) is 3.73. The topological polar surface area (TPSA) is 32.3 Å². The second kappa shape index (κ2) is 5.55. The van der Waals surface area contributed by atoms with E-state index in [1.54, 1.807) is 0 Å². The summed E-state index contributed by atoms with van der Waals surface area (Å²) in [5.74, 6) is 4.16. The maximum atomic E-state index is 12.4. The number of hydrogen-bond acceptors (Lipinski definition) is 2. The number of carbonyl (C=O) groups is 1. The first-order valence-electron chi connectivity index (χ1n) is 6.66. The van der Waals surface area contributed by atoms with Crippen molar-refractivity contribution in [1.82, 2.24) is 10.2 Å². The minimum atomic E-state index is -0.00847. The molecule has 1 saturated heterocycles. The quantitative estimate of drug-likeness (QED) is 0.742. The van der Waals surface area contributed by atoms with Crippen LogP contribution in [0, 0.1) is 24.2 Å². The zero-order chi connectivity index (χ0) is 12.3. The average Bonchev–Trinajstić information content (AvgIpc) is 3.11. The van der Waals surface area contributed by atoms with Gasteiger partial charge in [-0.2, -0.15) is 0 Å². The molecule has 0 aromatic rings. The molecule has 2 atom stereocenters. The fourth-order valence-corrected chi connectivity index (χ4v) is 2.47. The van der Waals surface area contributed by atoms with Gasteiger partial charge < -0.3 is 10.2 Å². The summed E-state index contributed by atoms with van der Waals surface area (Å²) in [5, 5.41) is 3.32. The molecule has 17 heavy (non-hydrogen) atoms. The third-order valence-corrected chi connectivity index (χ3v) is 3.73. The van der Waals surface area contributed by atoms with Crippen LogP contribution in [0.2, 0.25) is 0 Å². The highest BCUT2D eigenvalue weighted by atomic mass is 16.2. The first-order chi connectivity index (χ1) is 8.20. The summed E-state index contributed by atoms with van der Waals surface area (Å²) in [6, 6.07) is -0.00847. The van der Waals surface area contributed by atoms with Gasteiger partial charge in [0.1, 0.15) is 0 Å².